The minimum absolute atomic E-state index is 0. The van der Waals surface area contributed by atoms with E-state index in [2.05, 4.69) is 10.6 Å². The van der Waals surface area contributed by atoms with Gasteiger partial charge in [-0.2, -0.15) is 0 Å². The Kier molecular flexibility index (Phi) is 6.12. The smallest absolute Gasteiger partial charge is 0.227 e. The first-order valence-corrected chi connectivity index (χ1v) is 7.81. The number of carbonyl (C=O) groups excluding carboxylic acids is 2. The summed E-state index contributed by atoms with van der Waals surface area (Å²) in [7, 11) is 0. The summed E-state index contributed by atoms with van der Waals surface area (Å²) in [6.07, 6.45) is 1.78. The second kappa shape index (κ2) is 7.90. The summed E-state index contributed by atoms with van der Waals surface area (Å²) >= 11 is 0. The van der Waals surface area contributed by atoms with Crippen molar-refractivity contribution in [1.82, 2.24) is 10.6 Å². The van der Waals surface area contributed by atoms with Crippen LogP contribution >= 0.6 is 12.4 Å². The second-order valence-electron chi connectivity index (χ2n) is 6.03. The van der Waals surface area contributed by atoms with Crippen LogP contribution < -0.4 is 15.5 Å². The summed E-state index contributed by atoms with van der Waals surface area (Å²) in [6.45, 7) is 1.85. The Bertz CT molecular complexity index is 623. The molecule has 2 heterocycles. The highest BCUT2D eigenvalue weighted by molar-refractivity contribution is 6.00. The maximum absolute atomic E-state index is 13.8. The number of nitrogens with zero attached hydrogens (tertiary/aromatic N) is 1. The number of nitrogens with one attached hydrogen (secondary N) is 2. The highest BCUT2D eigenvalue weighted by atomic mass is 35.5. The van der Waals surface area contributed by atoms with Crippen molar-refractivity contribution in [3.63, 3.8) is 0 Å². The maximum atomic E-state index is 13.8. The minimum atomic E-state index is -0.794. The highest BCUT2D eigenvalue weighted by Crippen LogP contribution is 2.28. The second-order valence-corrected chi connectivity index (χ2v) is 6.03. The Balaban J connectivity index is 0.00000208. The molecule has 2 aliphatic heterocycles. The summed E-state index contributed by atoms with van der Waals surface area (Å²) in [6, 6.07) is 3.20. The van der Waals surface area contributed by atoms with Crippen molar-refractivity contribution in [3.05, 3.63) is 29.8 Å². The summed E-state index contributed by atoms with van der Waals surface area (Å²) in [4.78, 5) is 25.6. The lowest BCUT2D eigenvalue weighted by atomic mass is 10.0. The fourth-order valence-corrected chi connectivity index (χ4v) is 3.10. The van der Waals surface area contributed by atoms with Crippen molar-refractivity contribution in [2.75, 3.05) is 24.5 Å². The predicted molar refractivity (Wildman–Crippen MR) is 88.1 cm³/mol. The number of amides is 2. The zero-order valence-electron chi connectivity index (χ0n) is 13.1. The molecule has 1 aromatic carbocycles. The summed E-state index contributed by atoms with van der Waals surface area (Å²) in [5, 5.41) is 6.18. The fourth-order valence-electron chi connectivity index (χ4n) is 3.10. The highest BCUT2D eigenvalue weighted by Gasteiger charge is 2.36. The van der Waals surface area contributed by atoms with Gasteiger partial charge in [-0.05, 0) is 38.1 Å². The summed E-state index contributed by atoms with van der Waals surface area (Å²) in [5.74, 6) is -2.48. The molecule has 1 aromatic rings. The van der Waals surface area contributed by atoms with Gasteiger partial charge in [0.2, 0.25) is 11.8 Å². The number of hydrogen-bond donors (Lipinski definition) is 2. The molecular weight excluding hydrogens is 340 g/mol. The molecule has 2 saturated heterocycles. The predicted octanol–water partition coefficient (Wildman–Crippen LogP) is 1.61. The third kappa shape index (κ3) is 4.02. The van der Waals surface area contributed by atoms with E-state index in [1.807, 2.05) is 0 Å². The largest absolute Gasteiger partial charge is 0.353 e. The van der Waals surface area contributed by atoms with Gasteiger partial charge in [0.05, 0.1) is 11.6 Å². The van der Waals surface area contributed by atoms with Crippen LogP contribution in [-0.4, -0.2) is 37.5 Å². The number of anilines is 1. The molecule has 5 nitrogen and oxygen atoms in total. The molecule has 0 radical (unpaired) electrons. The Morgan fingerprint density at radius 1 is 1.25 bits per heavy atom. The molecule has 8 heteroatoms. The Morgan fingerprint density at radius 3 is 2.62 bits per heavy atom. The fraction of sp³-hybridized carbons (Fsp3) is 0.500. The average Bonchev–Trinajstić information content (AvgIpc) is 2.90. The quantitative estimate of drug-likeness (QED) is 0.862. The number of benzene rings is 1. The van der Waals surface area contributed by atoms with E-state index in [1.54, 1.807) is 0 Å². The van der Waals surface area contributed by atoms with Crippen LogP contribution in [-0.2, 0) is 9.59 Å². The van der Waals surface area contributed by atoms with E-state index in [9.17, 15) is 18.4 Å². The first-order chi connectivity index (χ1) is 11.0. The van der Waals surface area contributed by atoms with E-state index in [1.165, 1.54) is 11.0 Å². The van der Waals surface area contributed by atoms with Crippen LogP contribution in [0.25, 0.3) is 0 Å². The van der Waals surface area contributed by atoms with E-state index >= 15 is 0 Å². The normalized spacial score (nSPS) is 21.5. The van der Waals surface area contributed by atoms with Crippen molar-refractivity contribution in [1.29, 1.82) is 0 Å². The van der Waals surface area contributed by atoms with E-state index < -0.39 is 17.6 Å². The van der Waals surface area contributed by atoms with Gasteiger partial charge in [0, 0.05) is 25.1 Å². The molecule has 2 aliphatic rings. The molecule has 2 N–H and O–H groups in total. The van der Waals surface area contributed by atoms with Crippen LogP contribution in [0.2, 0.25) is 0 Å². The van der Waals surface area contributed by atoms with Crippen molar-refractivity contribution in [2.45, 2.75) is 25.3 Å². The van der Waals surface area contributed by atoms with Crippen molar-refractivity contribution in [2.24, 2.45) is 5.92 Å². The van der Waals surface area contributed by atoms with E-state index in [-0.39, 0.29) is 48.9 Å². The van der Waals surface area contributed by atoms with Crippen molar-refractivity contribution >= 4 is 29.9 Å². The zero-order chi connectivity index (χ0) is 16.4. The number of carbonyl (C=O) groups is 2. The van der Waals surface area contributed by atoms with Crippen molar-refractivity contribution < 1.29 is 18.4 Å². The number of hydrogen-bond acceptors (Lipinski definition) is 3. The number of halogens is 3. The van der Waals surface area contributed by atoms with Gasteiger partial charge in [0.15, 0.2) is 0 Å². The molecule has 1 atom stereocenters. The minimum Gasteiger partial charge on any atom is -0.353 e. The monoisotopic (exact) mass is 359 g/mol. The molecule has 24 heavy (non-hydrogen) atoms. The van der Waals surface area contributed by atoms with Crippen LogP contribution in [0.15, 0.2) is 18.2 Å². The average molecular weight is 360 g/mol. The lowest BCUT2D eigenvalue weighted by Gasteiger charge is -2.25. The molecule has 0 spiro atoms. The molecule has 2 fully saturated rings. The lowest BCUT2D eigenvalue weighted by Crippen LogP contribution is -2.45. The summed E-state index contributed by atoms with van der Waals surface area (Å²) in [5.41, 5.74) is 0.0218. The van der Waals surface area contributed by atoms with Gasteiger partial charge in [0.1, 0.15) is 11.6 Å². The topological polar surface area (TPSA) is 61.4 Å². The first kappa shape index (κ1) is 18.6. The van der Waals surface area contributed by atoms with Gasteiger partial charge in [-0.1, -0.05) is 0 Å². The van der Waals surface area contributed by atoms with Gasteiger partial charge >= 0.3 is 0 Å². The lowest BCUT2D eigenvalue weighted by molar-refractivity contribution is -0.127. The molecule has 0 bridgehead atoms. The molecule has 0 saturated carbocycles. The Morgan fingerprint density at radius 2 is 1.96 bits per heavy atom. The van der Waals surface area contributed by atoms with Crippen molar-refractivity contribution in [3.8, 4) is 0 Å². The van der Waals surface area contributed by atoms with Gasteiger partial charge in [-0.3, -0.25) is 9.59 Å². The SMILES string of the molecule is Cl.O=C(NC1CCNCC1)C1CC(=O)N(c2ccc(F)cc2F)C1. The Labute approximate surface area is 145 Å². The van der Waals surface area contributed by atoms with Crippen LogP contribution in [0.3, 0.4) is 0 Å². The molecule has 2 amide bonds. The van der Waals surface area contributed by atoms with Gasteiger partial charge in [-0.15, -0.1) is 12.4 Å². The molecule has 0 aliphatic carbocycles. The zero-order valence-corrected chi connectivity index (χ0v) is 13.9. The maximum Gasteiger partial charge on any atom is 0.227 e. The van der Waals surface area contributed by atoms with E-state index in [4.69, 9.17) is 0 Å². The molecule has 132 valence electrons. The molecule has 1 unspecified atom stereocenters. The standard InChI is InChI=1S/C16H19F2N3O2.ClH/c17-11-1-2-14(13(18)8-11)21-9-10(7-15(21)22)16(23)20-12-3-5-19-6-4-12;/h1-2,8,10,12,19H,3-7,9H2,(H,20,23);1H. The van der Waals surface area contributed by atoms with E-state index in [0.29, 0.717) is 0 Å². The van der Waals surface area contributed by atoms with Gasteiger partial charge in [-0.25, -0.2) is 8.78 Å². The van der Waals surface area contributed by atoms with Gasteiger partial charge in [0.25, 0.3) is 0 Å². The molecular formula is C16H20ClF2N3O2. The number of piperidine rings is 1. The van der Waals surface area contributed by atoms with Crippen LogP contribution in [0.1, 0.15) is 19.3 Å². The van der Waals surface area contributed by atoms with Crippen LogP contribution in [0.4, 0.5) is 14.5 Å². The summed E-state index contributed by atoms with van der Waals surface area (Å²) < 4.78 is 26.8. The third-order valence-corrected chi connectivity index (χ3v) is 4.38. The molecule has 0 aromatic heterocycles. The van der Waals surface area contributed by atoms with Gasteiger partial charge < -0.3 is 15.5 Å². The third-order valence-electron chi connectivity index (χ3n) is 4.38. The Hall–Kier alpha value is -1.73. The van der Waals surface area contributed by atoms with Crippen LogP contribution in [0.5, 0.6) is 0 Å². The van der Waals surface area contributed by atoms with E-state index in [0.717, 1.165) is 38.1 Å². The molecule has 3 rings (SSSR count). The van der Waals surface area contributed by atoms with Crippen LogP contribution in [0, 0.1) is 17.6 Å². The first-order valence-electron chi connectivity index (χ1n) is 7.81. The number of rotatable bonds is 3.